The van der Waals surface area contributed by atoms with Crippen LogP contribution in [0.25, 0.3) is 0 Å². The molecule has 11 nitrogen and oxygen atoms in total. The highest BCUT2D eigenvalue weighted by Crippen LogP contribution is 2.20. The second-order valence-electron chi connectivity index (χ2n) is 6.80. The van der Waals surface area contributed by atoms with Gasteiger partial charge in [0.1, 0.15) is 5.75 Å². The van der Waals surface area contributed by atoms with E-state index in [-0.39, 0.29) is 11.6 Å². The van der Waals surface area contributed by atoms with Gasteiger partial charge in [0.2, 0.25) is 0 Å². The van der Waals surface area contributed by atoms with Crippen LogP contribution in [0.2, 0.25) is 0 Å². The number of carbonyl (C=O) groups is 3. The summed E-state index contributed by atoms with van der Waals surface area (Å²) >= 11 is 0. The molecule has 170 valence electrons. The van der Waals surface area contributed by atoms with Gasteiger partial charge >= 0.3 is 11.9 Å². The molecule has 1 aliphatic heterocycles. The van der Waals surface area contributed by atoms with E-state index in [2.05, 4.69) is 4.90 Å². The Morgan fingerprint density at radius 2 is 1.53 bits per heavy atom. The molecular weight excluding hydrogens is 422 g/mol. The maximum Gasteiger partial charge on any atom is 0.414 e. The van der Waals surface area contributed by atoms with Gasteiger partial charge in [-0.3, -0.25) is 19.8 Å². The maximum absolute atomic E-state index is 12.7. The summed E-state index contributed by atoms with van der Waals surface area (Å²) in [5.74, 6) is -3.08. The molecule has 0 spiro atoms. The Kier molecular flexibility index (Phi) is 8.66. The Morgan fingerprint density at radius 3 is 2.03 bits per heavy atom. The van der Waals surface area contributed by atoms with Gasteiger partial charge in [-0.05, 0) is 17.7 Å². The smallest absolute Gasteiger partial charge is 0.414 e. The van der Waals surface area contributed by atoms with Crippen LogP contribution in [-0.2, 0) is 16.1 Å². The zero-order valence-corrected chi connectivity index (χ0v) is 17.3. The van der Waals surface area contributed by atoms with Crippen molar-refractivity contribution in [2.75, 3.05) is 33.3 Å². The standard InChI is InChI=1S/C19H21N3O4.C2H2O4/c1-26-18-5-3-2-4-17(18)19(23)21-12-10-20(11-13-21)14-15-6-8-16(9-7-15)22(24)25;3-1(4)2(5)6/h2-9H,10-14H2,1H3;(H,3,4)(H,5,6). The molecule has 0 aliphatic carbocycles. The third-order valence-corrected chi connectivity index (χ3v) is 4.73. The van der Waals surface area contributed by atoms with Crippen molar-refractivity contribution >= 4 is 23.5 Å². The minimum Gasteiger partial charge on any atom is -0.496 e. The molecular formula is C21H23N3O8. The van der Waals surface area contributed by atoms with E-state index in [1.165, 1.54) is 12.1 Å². The van der Waals surface area contributed by atoms with Gasteiger partial charge in [-0.2, -0.15) is 0 Å². The molecule has 0 bridgehead atoms. The highest BCUT2D eigenvalue weighted by molar-refractivity contribution is 6.27. The highest BCUT2D eigenvalue weighted by atomic mass is 16.6. The van der Waals surface area contributed by atoms with Crippen molar-refractivity contribution in [3.05, 3.63) is 69.8 Å². The number of para-hydroxylation sites is 1. The molecule has 1 amide bonds. The molecule has 11 heteroatoms. The minimum atomic E-state index is -1.82. The van der Waals surface area contributed by atoms with Crippen LogP contribution >= 0.6 is 0 Å². The number of ether oxygens (including phenoxy) is 1. The summed E-state index contributed by atoms with van der Waals surface area (Å²) in [5, 5.41) is 25.5. The van der Waals surface area contributed by atoms with E-state index in [0.29, 0.717) is 30.9 Å². The summed E-state index contributed by atoms with van der Waals surface area (Å²) in [5.41, 5.74) is 1.71. The third-order valence-electron chi connectivity index (χ3n) is 4.73. The number of carboxylic acid groups (broad SMARTS) is 2. The zero-order valence-electron chi connectivity index (χ0n) is 17.3. The van der Waals surface area contributed by atoms with Gasteiger partial charge in [-0.15, -0.1) is 0 Å². The van der Waals surface area contributed by atoms with Crippen molar-refractivity contribution in [2.24, 2.45) is 0 Å². The van der Waals surface area contributed by atoms with E-state index in [1.807, 2.05) is 17.0 Å². The van der Waals surface area contributed by atoms with Crippen LogP contribution in [0.4, 0.5) is 5.69 Å². The van der Waals surface area contributed by atoms with Crippen molar-refractivity contribution in [1.82, 2.24) is 9.80 Å². The summed E-state index contributed by atoms with van der Waals surface area (Å²) in [6.45, 7) is 3.53. The SMILES string of the molecule is COc1ccccc1C(=O)N1CCN(Cc2ccc([N+](=O)[O-])cc2)CC1.O=C(O)C(=O)O. The first-order valence-electron chi connectivity index (χ1n) is 9.57. The summed E-state index contributed by atoms with van der Waals surface area (Å²) in [6, 6.07) is 13.9. The van der Waals surface area contributed by atoms with Gasteiger partial charge in [0.15, 0.2) is 0 Å². The number of hydrogen-bond donors (Lipinski definition) is 2. The van der Waals surface area contributed by atoms with Gasteiger partial charge < -0.3 is 19.8 Å². The second-order valence-corrected chi connectivity index (χ2v) is 6.80. The molecule has 32 heavy (non-hydrogen) atoms. The monoisotopic (exact) mass is 445 g/mol. The molecule has 0 radical (unpaired) electrons. The van der Waals surface area contributed by atoms with E-state index in [0.717, 1.165) is 18.7 Å². The molecule has 2 aromatic carbocycles. The van der Waals surface area contributed by atoms with Crippen LogP contribution < -0.4 is 4.74 Å². The topological polar surface area (TPSA) is 151 Å². The van der Waals surface area contributed by atoms with Crippen molar-refractivity contribution in [2.45, 2.75) is 6.54 Å². The minimum absolute atomic E-state index is 0.0163. The van der Waals surface area contributed by atoms with Crippen molar-refractivity contribution < 1.29 is 34.3 Å². The molecule has 1 heterocycles. The van der Waals surface area contributed by atoms with Crippen LogP contribution in [0.1, 0.15) is 15.9 Å². The number of amides is 1. The van der Waals surface area contributed by atoms with Gasteiger partial charge in [0.05, 0.1) is 17.6 Å². The molecule has 3 rings (SSSR count). The number of aliphatic carboxylic acids is 2. The van der Waals surface area contributed by atoms with E-state index in [9.17, 15) is 14.9 Å². The van der Waals surface area contributed by atoms with Gasteiger partial charge in [-0.1, -0.05) is 24.3 Å². The zero-order chi connectivity index (χ0) is 23.7. The van der Waals surface area contributed by atoms with Gasteiger partial charge in [0, 0.05) is 44.9 Å². The Labute approximate surface area is 183 Å². The largest absolute Gasteiger partial charge is 0.496 e. The van der Waals surface area contributed by atoms with E-state index in [1.54, 1.807) is 31.4 Å². The van der Waals surface area contributed by atoms with Crippen molar-refractivity contribution in [3.63, 3.8) is 0 Å². The number of non-ortho nitro benzene ring substituents is 1. The highest BCUT2D eigenvalue weighted by Gasteiger charge is 2.24. The number of carboxylic acids is 2. The first-order valence-corrected chi connectivity index (χ1v) is 9.57. The first kappa shape index (κ1) is 24.3. The Bertz CT molecular complexity index is 957. The fourth-order valence-corrected chi connectivity index (χ4v) is 3.08. The van der Waals surface area contributed by atoms with Gasteiger partial charge in [-0.25, -0.2) is 9.59 Å². The normalized spacial score (nSPS) is 13.5. The molecule has 1 saturated heterocycles. The summed E-state index contributed by atoms with van der Waals surface area (Å²) in [6.07, 6.45) is 0. The van der Waals surface area contributed by atoms with Crippen molar-refractivity contribution in [3.8, 4) is 5.75 Å². The molecule has 2 aromatic rings. The van der Waals surface area contributed by atoms with E-state index >= 15 is 0 Å². The molecule has 1 fully saturated rings. The number of carbonyl (C=O) groups excluding carboxylic acids is 1. The number of benzene rings is 2. The van der Waals surface area contributed by atoms with Crippen LogP contribution in [0, 0.1) is 10.1 Å². The lowest BCUT2D eigenvalue weighted by Crippen LogP contribution is -2.48. The van der Waals surface area contributed by atoms with Crippen LogP contribution in [0.15, 0.2) is 48.5 Å². The Balaban J connectivity index is 0.000000534. The second kappa shape index (κ2) is 11.4. The quantitative estimate of drug-likeness (QED) is 0.398. The lowest BCUT2D eigenvalue weighted by Gasteiger charge is -2.35. The third kappa shape index (κ3) is 6.77. The first-order chi connectivity index (χ1) is 15.2. The fourth-order valence-electron chi connectivity index (χ4n) is 3.08. The number of nitro benzene ring substituents is 1. The van der Waals surface area contributed by atoms with Crippen LogP contribution in [0.5, 0.6) is 5.75 Å². The predicted octanol–water partition coefficient (Wildman–Crippen LogP) is 1.72. The van der Waals surface area contributed by atoms with E-state index < -0.39 is 16.9 Å². The average molecular weight is 445 g/mol. The molecule has 0 atom stereocenters. The number of piperazine rings is 1. The number of hydrogen-bond acceptors (Lipinski definition) is 7. The molecule has 0 unspecified atom stereocenters. The lowest BCUT2D eigenvalue weighted by molar-refractivity contribution is -0.384. The number of rotatable bonds is 5. The summed E-state index contributed by atoms with van der Waals surface area (Å²) in [7, 11) is 1.56. The maximum atomic E-state index is 12.7. The summed E-state index contributed by atoms with van der Waals surface area (Å²) < 4.78 is 5.28. The predicted molar refractivity (Wildman–Crippen MR) is 113 cm³/mol. The molecule has 0 aromatic heterocycles. The average Bonchev–Trinajstić information content (AvgIpc) is 2.79. The number of methoxy groups -OCH3 is 1. The molecule has 1 aliphatic rings. The lowest BCUT2D eigenvalue weighted by atomic mass is 10.1. The molecule has 2 N–H and O–H groups in total. The summed E-state index contributed by atoms with van der Waals surface area (Å²) in [4.78, 5) is 45.3. The Morgan fingerprint density at radius 1 is 0.969 bits per heavy atom. The van der Waals surface area contributed by atoms with Crippen LogP contribution in [0.3, 0.4) is 0 Å². The molecule has 0 saturated carbocycles. The van der Waals surface area contributed by atoms with Crippen LogP contribution in [-0.4, -0.2) is 76.1 Å². The van der Waals surface area contributed by atoms with Gasteiger partial charge in [0.25, 0.3) is 11.6 Å². The van der Waals surface area contributed by atoms with Crippen molar-refractivity contribution in [1.29, 1.82) is 0 Å². The van der Waals surface area contributed by atoms with E-state index in [4.69, 9.17) is 24.5 Å². The Hall–Kier alpha value is -3.99. The number of nitrogens with zero attached hydrogens (tertiary/aromatic N) is 3. The number of nitro groups is 1. The fraction of sp³-hybridized carbons (Fsp3) is 0.286.